The van der Waals surface area contributed by atoms with Crippen molar-refractivity contribution in [1.29, 1.82) is 0 Å². The SMILES string of the molecule is CCCCCCCCCCCCCCCCCC(=O)NC(CO)(CO)COOCC(CO)(CO)NC(=O)CCCCCCCCCCCCCCCCC. The van der Waals surface area contributed by atoms with E-state index in [4.69, 9.17) is 9.78 Å². The smallest absolute Gasteiger partial charge is 0.220 e. The van der Waals surface area contributed by atoms with Gasteiger partial charge in [-0.25, -0.2) is 9.78 Å². The second kappa shape index (κ2) is 38.6. The Morgan fingerprint density at radius 2 is 0.574 bits per heavy atom. The fourth-order valence-electron chi connectivity index (χ4n) is 6.85. The van der Waals surface area contributed by atoms with Crippen molar-refractivity contribution < 1.29 is 39.8 Å². The van der Waals surface area contributed by atoms with Crippen LogP contribution in [0.1, 0.15) is 219 Å². The van der Waals surface area contributed by atoms with Gasteiger partial charge in [0.1, 0.15) is 24.3 Å². The van der Waals surface area contributed by atoms with Crippen molar-refractivity contribution >= 4 is 11.8 Å². The first-order valence-corrected chi connectivity index (χ1v) is 22.7. The molecule has 0 atom stereocenters. The Hall–Kier alpha value is -1.30. The fraction of sp³-hybridized carbons (Fsp3) is 0.955. The van der Waals surface area contributed by atoms with Crippen LogP contribution in [0, 0.1) is 0 Å². The standard InChI is InChI=1S/C44H88N2O8/c1-3-5-7-9-11-13-15-17-19-21-23-25-27-29-31-33-41(51)45-43(35-47,36-48)39-53-54-40-44(37-49,38-50)46-42(52)34-32-30-28-26-24-22-20-18-16-14-12-10-8-6-4-2/h47-50H,3-40H2,1-2H3,(H,45,51)(H,46,52). The van der Waals surface area contributed by atoms with E-state index in [1.54, 1.807) is 0 Å². The van der Waals surface area contributed by atoms with Crippen LogP contribution in [0.4, 0.5) is 0 Å². The highest BCUT2D eigenvalue weighted by molar-refractivity contribution is 5.77. The normalized spacial score (nSPS) is 12.0. The minimum absolute atomic E-state index is 0.282. The van der Waals surface area contributed by atoms with Gasteiger partial charge in [0.15, 0.2) is 0 Å². The first kappa shape index (κ1) is 52.7. The van der Waals surface area contributed by atoms with E-state index in [1.165, 1.54) is 154 Å². The second-order valence-corrected chi connectivity index (χ2v) is 16.2. The zero-order valence-electron chi connectivity index (χ0n) is 35.3. The number of rotatable bonds is 43. The van der Waals surface area contributed by atoms with Gasteiger partial charge in [-0.15, -0.1) is 0 Å². The maximum Gasteiger partial charge on any atom is 0.220 e. The molecule has 0 aromatic heterocycles. The summed E-state index contributed by atoms with van der Waals surface area (Å²) in [6.07, 6.45) is 37.8. The van der Waals surface area contributed by atoms with Crippen molar-refractivity contribution in [3.05, 3.63) is 0 Å². The van der Waals surface area contributed by atoms with Gasteiger partial charge in [-0.05, 0) is 12.8 Å². The molecule has 0 rings (SSSR count). The molecule has 0 aromatic rings. The fourth-order valence-corrected chi connectivity index (χ4v) is 6.85. The lowest BCUT2D eigenvalue weighted by molar-refractivity contribution is -0.318. The quantitative estimate of drug-likeness (QED) is 0.0204. The molecule has 0 aliphatic carbocycles. The topological polar surface area (TPSA) is 158 Å². The van der Waals surface area contributed by atoms with Gasteiger partial charge in [-0.1, -0.05) is 194 Å². The minimum atomic E-state index is -1.45. The van der Waals surface area contributed by atoms with Gasteiger partial charge in [-0.3, -0.25) is 9.59 Å². The first-order chi connectivity index (χ1) is 26.4. The molecule has 10 nitrogen and oxygen atoms in total. The van der Waals surface area contributed by atoms with Crippen molar-refractivity contribution in [2.75, 3.05) is 39.6 Å². The van der Waals surface area contributed by atoms with Gasteiger partial charge in [0.05, 0.1) is 26.4 Å². The number of carbonyl (C=O) groups is 2. The van der Waals surface area contributed by atoms with E-state index in [9.17, 15) is 30.0 Å². The molecule has 54 heavy (non-hydrogen) atoms. The second-order valence-electron chi connectivity index (χ2n) is 16.2. The highest BCUT2D eigenvalue weighted by Crippen LogP contribution is 2.16. The number of unbranched alkanes of at least 4 members (excludes halogenated alkanes) is 28. The lowest BCUT2D eigenvalue weighted by Gasteiger charge is -2.32. The first-order valence-electron chi connectivity index (χ1n) is 22.7. The molecular weight excluding hydrogens is 684 g/mol. The van der Waals surface area contributed by atoms with Gasteiger partial charge >= 0.3 is 0 Å². The molecule has 0 aliphatic heterocycles. The highest BCUT2D eigenvalue weighted by atomic mass is 17.2. The summed E-state index contributed by atoms with van der Waals surface area (Å²) in [5.74, 6) is -0.579. The summed E-state index contributed by atoms with van der Waals surface area (Å²) in [5, 5.41) is 45.3. The minimum Gasteiger partial charge on any atom is -0.394 e. The third kappa shape index (κ3) is 30.9. The van der Waals surface area contributed by atoms with E-state index in [1.807, 2.05) is 0 Å². The Morgan fingerprint density at radius 3 is 0.778 bits per heavy atom. The van der Waals surface area contributed by atoms with E-state index in [0.717, 1.165) is 38.5 Å². The van der Waals surface area contributed by atoms with Crippen LogP contribution < -0.4 is 10.6 Å². The summed E-state index contributed by atoms with van der Waals surface area (Å²) < 4.78 is 0. The number of amides is 2. The summed E-state index contributed by atoms with van der Waals surface area (Å²) in [6.45, 7) is 1.51. The van der Waals surface area contributed by atoms with Gasteiger partial charge in [0.25, 0.3) is 0 Å². The molecular formula is C44H88N2O8. The number of aliphatic hydroxyl groups excluding tert-OH is 4. The molecule has 2 amide bonds. The number of nitrogens with one attached hydrogen (secondary N) is 2. The summed E-state index contributed by atoms with van der Waals surface area (Å²) >= 11 is 0. The van der Waals surface area contributed by atoms with Crippen molar-refractivity contribution in [1.82, 2.24) is 10.6 Å². The van der Waals surface area contributed by atoms with Gasteiger partial charge in [0, 0.05) is 12.8 Å². The number of hydrogen-bond acceptors (Lipinski definition) is 8. The molecule has 322 valence electrons. The van der Waals surface area contributed by atoms with E-state index >= 15 is 0 Å². The van der Waals surface area contributed by atoms with Crippen LogP contribution in [0.5, 0.6) is 0 Å². The van der Waals surface area contributed by atoms with Crippen molar-refractivity contribution in [3.8, 4) is 0 Å². The van der Waals surface area contributed by atoms with E-state index in [-0.39, 0.29) is 37.9 Å². The molecule has 0 unspecified atom stereocenters. The Balaban J connectivity index is 4.11. The zero-order chi connectivity index (χ0) is 39.9. The summed E-state index contributed by atoms with van der Waals surface area (Å²) in [5.41, 5.74) is -2.91. The van der Waals surface area contributed by atoms with Crippen molar-refractivity contribution in [2.45, 2.75) is 230 Å². The molecule has 0 saturated carbocycles. The van der Waals surface area contributed by atoms with Crippen LogP contribution in [-0.2, 0) is 19.4 Å². The van der Waals surface area contributed by atoms with Crippen LogP contribution in [0.25, 0.3) is 0 Å². The van der Waals surface area contributed by atoms with Gasteiger partial charge < -0.3 is 31.1 Å². The third-order valence-electron chi connectivity index (χ3n) is 10.8. The number of aliphatic hydroxyl groups is 4. The number of hydrogen-bond donors (Lipinski definition) is 6. The summed E-state index contributed by atoms with van der Waals surface area (Å²) in [6, 6.07) is 0. The Kier molecular flexibility index (Phi) is 37.6. The van der Waals surface area contributed by atoms with Crippen molar-refractivity contribution in [2.24, 2.45) is 0 Å². The van der Waals surface area contributed by atoms with Crippen LogP contribution in [0.3, 0.4) is 0 Å². The summed E-state index contributed by atoms with van der Waals surface area (Å²) in [4.78, 5) is 35.7. The van der Waals surface area contributed by atoms with Gasteiger partial charge in [0.2, 0.25) is 11.8 Å². The molecule has 0 aromatic carbocycles. The molecule has 0 bridgehead atoms. The average Bonchev–Trinajstić information content (AvgIpc) is 3.18. The highest BCUT2D eigenvalue weighted by Gasteiger charge is 2.34. The maximum absolute atomic E-state index is 12.6. The molecule has 10 heteroatoms. The third-order valence-corrected chi connectivity index (χ3v) is 10.8. The Bertz CT molecular complexity index is 756. The van der Waals surface area contributed by atoms with Crippen molar-refractivity contribution in [3.63, 3.8) is 0 Å². The predicted molar refractivity (Wildman–Crippen MR) is 221 cm³/mol. The van der Waals surface area contributed by atoms with Crippen LogP contribution in [0.2, 0.25) is 0 Å². The van der Waals surface area contributed by atoms with E-state index in [2.05, 4.69) is 24.5 Å². The monoisotopic (exact) mass is 773 g/mol. The molecule has 0 aliphatic rings. The van der Waals surface area contributed by atoms with Crippen LogP contribution >= 0.6 is 0 Å². The molecule has 0 fully saturated rings. The largest absolute Gasteiger partial charge is 0.394 e. The Morgan fingerprint density at radius 1 is 0.370 bits per heavy atom. The predicted octanol–water partition coefficient (Wildman–Crippen LogP) is 9.14. The molecule has 0 heterocycles. The van der Waals surface area contributed by atoms with E-state index < -0.39 is 37.5 Å². The molecule has 0 radical (unpaired) electrons. The maximum atomic E-state index is 12.6. The van der Waals surface area contributed by atoms with E-state index in [0.29, 0.717) is 0 Å². The lowest BCUT2D eigenvalue weighted by atomic mass is 10.0. The van der Waals surface area contributed by atoms with Crippen LogP contribution in [-0.4, -0.2) is 83.0 Å². The summed E-state index contributed by atoms with van der Waals surface area (Å²) in [7, 11) is 0. The lowest BCUT2D eigenvalue weighted by Crippen LogP contribution is -2.59. The van der Waals surface area contributed by atoms with Gasteiger partial charge in [-0.2, -0.15) is 0 Å². The zero-order valence-corrected chi connectivity index (χ0v) is 35.3. The molecule has 0 spiro atoms. The van der Waals surface area contributed by atoms with Crippen LogP contribution in [0.15, 0.2) is 0 Å². The Labute approximate surface area is 331 Å². The number of carbonyl (C=O) groups excluding carboxylic acids is 2. The molecule has 0 saturated heterocycles. The molecule has 6 N–H and O–H groups in total. The average molecular weight is 773 g/mol.